The van der Waals surface area contributed by atoms with Crippen molar-refractivity contribution in [2.24, 2.45) is 0 Å². The van der Waals surface area contributed by atoms with Gasteiger partial charge in [0.15, 0.2) is 9.84 Å². The Morgan fingerprint density at radius 1 is 1.30 bits per heavy atom. The molecule has 0 saturated carbocycles. The first-order valence-corrected chi connectivity index (χ1v) is 8.80. The van der Waals surface area contributed by atoms with Gasteiger partial charge in [-0.05, 0) is 35.0 Å². The van der Waals surface area contributed by atoms with E-state index in [9.17, 15) is 13.2 Å². The number of benzene rings is 1. The minimum Gasteiger partial charge on any atom is -0.381 e. The summed E-state index contributed by atoms with van der Waals surface area (Å²) in [5.74, 6) is 0.196. The molecule has 2 rings (SSSR count). The van der Waals surface area contributed by atoms with Crippen LogP contribution in [0.4, 0.5) is 5.69 Å². The number of aromatic amines is 2. The summed E-state index contributed by atoms with van der Waals surface area (Å²) in [6, 6.07) is 3.32. The molecule has 0 saturated heterocycles. The fraction of sp³-hybridized carbons (Fsp3) is 0.417. The molecule has 1 aromatic heterocycles. The summed E-state index contributed by atoms with van der Waals surface area (Å²) in [7, 11) is -3.03. The Morgan fingerprint density at radius 2 is 1.90 bits per heavy atom. The van der Waals surface area contributed by atoms with E-state index in [0.717, 1.165) is 10.2 Å². The minimum atomic E-state index is -3.03. The van der Waals surface area contributed by atoms with Gasteiger partial charge in [0.25, 0.3) is 0 Å². The first-order valence-electron chi connectivity index (χ1n) is 6.19. The largest absolute Gasteiger partial charge is 0.381 e. The van der Waals surface area contributed by atoms with Gasteiger partial charge in [0.1, 0.15) is 0 Å². The lowest BCUT2D eigenvalue weighted by Crippen LogP contribution is -2.26. The Balaban J connectivity index is 2.25. The zero-order valence-corrected chi connectivity index (χ0v) is 13.6. The summed E-state index contributed by atoms with van der Waals surface area (Å²) in [4.78, 5) is 16.6. The monoisotopic (exact) mass is 361 g/mol. The number of nitrogens with one attached hydrogen (secondary N) is 3. The Bertz CT molecular complexity index is 779. The Morgan fingerprint density at radius 3 is 2.50 bits per heavy atom. The number of anilines is 1. The maximum Gasteiger partial charge on any atom is 0.323 e. The average Bonchev–Trinajstić information content (AvgIpc) is 2.68. The highest BCUT2D eigenvalue weighted by Crippen LogP contribution is 2.27. The standard InChI is InChI=1S/C12H16BrN3O3S/c1-3-20(18,19)6-7(2)14-9-5-11-10(4-8(9)13)15-12(17)16-11/h4-5,7,14H,3,6H2,1-2H3,(H2,15,16,17). The topological polar surface area (TPSA) is 94.8 Å². The fourth-order valence-corrected chi connectivity index (χ4v) is 3.51. The summed E-state index contributed by atoms with van der Waals surface area (Å²) in [6.07, 6.45) is 0. The van der Waals surface area contributed by atoms with E-state index in [1.807, 2.05) is 6.92 Å². The maximum absolute atomic E-state index is 11.6. The number of hydrogen-bond acceptors (Lipinski definition) is 4. The molecule has 20 heavy (non-hydrogen) atoms. The molecule has 0 spiro atoms. The number of sulfone groups is 1. The second kappa shape index (κ2) is 5.61. The molecule has 0 aliphatic rings. The summed E-state index contributed by atoms with van der Waals surface area (Å²) >= 11 is 3.40. The molecule has 0 radical (unpaired) electrons. The van der Waals surface area contributed by atoms with Crippen molar-refractivity contribution in [3.05, 3.63) is 27.1 Å². The van der Waals surface area contributed by atoms with Gasteiger partial charge in [-0.15, -0.1) is 0 Å². The molecule has 0 amide bonds. The van der Waals surface area contributed by atoms with Crippen LogP contribution in [0.1, 0.15) is 13.8 Å². The number of hydrogen-bond donors (Lipinski definition) is 3. The van der Waals surface area contributed by atoms with Gasteiger partial charge in [-0.2, -0.15) is 0 Å². The van der Waals surface area contributed by atoms with Gasteiger partial charge in [-0.3, -0.25) is 0 Å². The summed E-state index contributed by atoms with van der Waals surface area (Å²) in [6.45, 7) is 3.44. The molecule has 0 aliphatic heterocycles. The Hall–Kier alpha value is -1.28. The van der Waals surface area contributed by atoms with Gasteiger partial charge < -0.3 is 15.3 Å². The Labute approximate surface area is 125 Å². The average molecular weight is 362 g/mol. The smallest absolute Gasteiger partial charge is 0.323 e. The number of H-pyrrole nitrogens is 2. The van der Waals surface area contributed by atoms with Gasteiger partial charge in [0.2, 0.25) is 0 Å². The van der Waals surface area contributed by atoms with Crippen LogP contribution in [0.25, 0.3) is 11.0 Å². The SMILES string of the molecule is CCS(=O)(=O)CC(C)Nc1cc2[nH]c(=O)[nH]c2cc1Br. The van der Waals surface area contributed by atoms with E-state index in [2.05, 4.69) is 31.2 Å². The van der Waals surface area contributed by atoms with Crippen LogP contribution in [0.15, 0.2) is 21.4 Å². The predicted molar refractivity (Wildman–Crippen MR) is 84.0 cm³/mol. The van der Waals surface area contributed by atoms with Crippen molar-refractivity contribution in [3.63, 3.8) is 0 Å². The zero-order valence-electron chi connectivity index (χ0n) is 11.2. The molecule has 0 aliphatic carbocycles. The van der Waals surface area contributed by atoms with E-state index in [4.69, 9.17) is 0 Å². The third-order valence-corrected chi connectivity index (χ3v) is 5.49. The van der Waals surface area contributed by atoms with E-state index < -0.39 is 9.84 Å². The van der Waals surface area contributed by atoms with Crippen molar-refractivity contribution in [1.82, 2.24) is 9.97 Å². The molecular weight excluding hydrogens is 346 g/mol. The second-order valence-electron chi connectivity index (χ2n) is 4.70. The van der Waals surface area contributed by atoms with Crippen LogP contribution >= 0.6 is 15.9 Å². The number of fused-ring (bicyclic) bond motifs is 1. The van der Waals surface area contributed by atoms with Crippen LogP contribution in [0, 0.1) is 0 Å². The molecule has 1 heterocycles. The molecule has 1 unspecified atom stereocenters. The van der Waals surface area contributed by atoms with Gasteiger partial charge in [0.05, 0.1) is 22.5 Å². The van der Waals surface area contributed by atoms with Crippen LogP contribution < -0.4 is 11.0 Å². The van der Waals surface area contributed by atoms with Crippen LogP contribution in [0.3, 0.4) is 0 Å². The van der Waals surface area contributed by atoms with Crippen molar-refractivity contribution in [1.29, 1.82) is 0 Å². The van der Waals surface area contributed by atoms with E-state index in [0.29, 0.717) is 11.0 Å². The molecule has 1 atom stereocenters. The minimum absolute atomic E-state index is 0.0671. The molecular formula is C12H16BrN3O3S. The quantitative estimate of drug-likeness (QED) is 0.757. The van der Waals surface area contributed by atoms with E-state index in [1.54, 1.807) is 19.1 Å². The van der Waals surface area contributed by atoms with Crippen molar-refractivity contribution in [3.8, 4) is 0 Å². The van der Waals surface area contributed by atoms with E-state index >= 15 is 0 Å². The maximum atomic E-state index is 11.6. The number of rotatable bonds is 5. The van der Waals surface area contributed by atoms with Gasteiger partial charge in [0, 0.05) is 16.3 Å². The lowest BCUT2D eigenvalue weighted by atomic mass is 10.2. The molecule has 6 nitrogen and oxygen atoms in total. The predicted octanol–water partition coefficient (Wildman–Crippen LogP) is 1.85. The molecule has 0 fully saturated rings. The summed E-state index contributed by atoms with van der Waals surface area (Å²) < 4.78 is 24.0. The molecule has 1 aromatic carbocycles. The zero-order chi connectivity index (χ0) is 14.9. The molecule has 0 bridgehead atoms. The van der Waals surface area contributed by atoms with Gasteiger partial charge in [-0.25, -0.2) is 13.2 Å². The third-order valence-electron chi connectivity index (χ3n) is 2.95. The summed E-state index contributed by atoms with van der Waals surface area (Å²) in [5.41, 5.74) is 1.84. The van der Waals surface area contributed by atoms with Crippen molar-refractivity contribution < 1.29 is 8.42 Å². The molecule has 3 N–H and O–H groups in total. The first-order chi connectivity index (χ1) is 9.30. The lowest BCUT2D eigenvalue weighted by molar-refractivity contribution is 0.593. The third kappa shape index (κ3) is 3.43. The van der Waals surface area contributed by atoms with Crippen LogP contribution in [-0.4, -0.2) is 35.9 Å². The van der Waals surface area contributed by atoms with Crippen molar-refractivity contribution in [2.75, 3.05) is 16.8 Å². The Kier molecular flexibility index (Phi) is 4.24. The van der Waals surface area contributed by atoms with Crippen LogP contribution in [0.5, 0.6) is 0 Å². The lowest BCUT2D eigenvalue weighted by Gasteiger charge is -2.16. The highest BCUT2D eigenvalue weighted by molar-refractivity contribution is 9.10. The molecule has 8 heteroatoms. The first kappa shape index (κ1) is 15.1. The van der Waals surface area contributed by atoms with Crippen LogP contribution in [0.2, 0.25) is 0 Å². The van der Waals surface area contributed by atoms with Gasteiger partial charge in [-0.1, -0.05) is 6.92 Å². The van der Waals surface area contributed by atoms with Crippen molar-refractivity contribution >= 4 is 42.5 Å². The van der Waals surface area contributed by atoms with Gasteiger partial charge >= 0.3 is 5.69 Å². The normalized spacial score (nSPS) is 13.6. The molecule has 2 aromatic rings. The van der Waals surface area contributed by atoms with E-state index in [-0.39, 0.29) is 23.2 Å². The highest BCUT2D eigenvalue weighted by atomic mass is 79.9. The van der Waals surface area contributed by atoms with Crippen LogP contribution in [-0.2, 0) is 9.84 Å². The van der Waals surface area contributed by atoms with Crippen molar-refractivity contribution in [2.45, 2.75) is 19.9 Å². The fourth-order valence-electron chi connectivity index (χ4n) is 1.97. The number of aromatic nitrogens is 2. The number of imidazole rings is 1. The second-order valence-corrected chi connectivity index (χ2v) is 7.95. The van der Waals surface area contributed by atoms with E-state index in [1.165, 1.54) is 0 Å². The number of halogens is 1. The highest BCUT2D eigenvalue weighted by Gasteiger charge is 2.15. The molecule has 110 valence electrons. The summed E-state index contributed by atoms with van der Waals surface area (Å²) in [5, 5.41) is 3.14.